The topological polar surface area (TPSA) is 48.5 Å². The van der Waals surface area contributed by atoms with Crippen molar-refractivity contribution in [3.63, 3.8) is 0 Å². The van der Waals surface area contributed by atoms with Crippen LogP contribution in [0.25, 0.3) is 111 Å². The lowest BCUT2D eigenvalue weighted by molar-refractivity contribution is -0.138. The predicted molar refractivity (Wildman–Crippen MR) is 309 cm³/mol. The lowest BCUT2D eigenvalue weighted by Gasteiger charge is -2.23. The molecule has 5 nitrogen and oxygen atoms in total. The van der Waals surface area contributed by atoms with Crippen molar-refractivity contribution in [3.8, 4) is 67.3 Å². The molecule has 20 heteroatoms. The van der Waals surface area contributed by atoms with Crippen LogP contribution in [0.15, 0.2) is 158 Å². The van der Waals surface area contributed by atoms with E-state index in [1.807, 2.05) is 0 Å². The Labute approximate surface area is 491 Å². The van der Waals surface area contributed by atoms with Crippen molar-refractivity contribution in [2.24, 2.45) is 0 Å². The number of benzene rings is 9. The van der Waals surface area contributed by atoms with Crippen LogP contribution in [-0.4, -0.2) is 24.1 Å². The molecule has 3 heterocycles. The maximum absolute atomic E-state index is 17.4. The van der Waals surface area contributed by atoms with Gasteiger partial charge < -0.3 is 9.13 Å². The van der Waals surface area contributed by atoms with Gasteiger partial charge in [-0.2, -0.15) is 65.9 Å². The predicted octanol–water partition coefficient (Wildman–Crippen LogP) is 21.3. The molecule has 0 spiro atoms. The molecule has 0 bridgehead atoms. The summed E-state index contributed by atoms with van der Waals surface area (Å²) in [5.41, 5.74) is -5.37. The minimum atomic E-state index is -5.43. The fourth-order valence-corrected chi connectivity index (χ4v) is 11.9. The molecule has 3 aromatic heterocycles. The van der Waals surface area contributed by atoms with Crippen LogP contribution < -0.4 is 0 Å². The third kappa shape index (κ3) is 10.9. The van der Waals surface area contributed by atoms with E-state index in [4.69, 9.17) is 0 Å². The Bertz CT molecular complexity index is 4330. The van der Waals surface area contributed by atoms with E-state index in [2.05, 4.69) is 15.0 Å². The molecule has 0 aliphatic rings. The number of nitrogens with zero attached hydrogens (tertiary/aromatic N) is 5. The van der Waals surface area contributed by atoms with E-state index >= 15 is 13.2 Å². The molecule has 0 fully saturated rings. The van der Waals surface area contributed by atoms with Gasteiger partial charge in [0.25, 0.3) is 0 Å². The Balaban J connectivity index is 1.27. The van der Waals surface area contributed by atoms with Gasteiger partial charge in [0.2, 0.25) is 0 Å². The number of hydrogen-bond acceptors (Lipinski definition) is 3. The Morgan fingerprint density at radius 2 is 0.523 bits per heavy atom. The quantitative estimate of drug-likeness (QED) is 0.149. The second-order valence-electron chi connectivity index (χ2n) is 22.1. The van der Waals surface area contributed by atoms with Crippen LogP contribution in [0, 0.1) is 41.5 Å². The van der Waals surface area contributed by atoms with Crippen molar-refractivity contribution in [1.82, 2.24) is 24.1 Å². The third-order valence-corrected chi connectivity index (χ3v) is 15.5. The van der Waals surface area contributed by atoms with Crippen LogP contribution >= 0.6 is 0 Å². The van der Waals surface area contributed by atoms with Crippen molar-refractivity contribution < 1.29 is 65.9 Å². The summed E-state index contributed by atoms with van der Waals surface area (Å²) in [7, 11) is 0. The van der Waals surface area contributed by atoms with E-state index in [1.54, 1.807) is 0 Å². The molecule has 0 radical (unpaired) electrons. The van der Waals surface area contributed by atoms with E-state index in [-0.39, 0.29) is 133 Å². The Morgan fingerprint density at radius 1 is 0.261 bits per heavy atom. The fraction of sp³-hybridized carbons (Fsp3) is 0.162. The molecule has 0 unspecified atom stereocenters. The summed E-state index contributed by atoms with van der Waals surface area (Å²) in [4.78, 5) is 13.4. The second kappa shape index (κ2) is 20.6. The maximum atomic E-state index is 17.4. The summed E-state index contributed by atoms with van der Waals surface area (Å²) in [6.45, 7) is 8.82. The molecular formula is C68H44F15N5. The number of rotatable bonds is 7. The first-order valence-electron chi connectivity index (χ1n) is 27.1. The Morgan fingerprint density at radius 3 is 0.761 bits per heavy atom. The van der Waals surface area contributed by atoms with Gasteiger partial charge in [0.15, 0.2) is 5.82 Å². The number of fused-ring (bicyclic) bond motifs is 6. The van der Waals surface area contributed by atoms with Crippen molar-refractivity contribution in [1.29, 1.82) is 0 Å². The van der Waals surface area contributed by atoms with Crippen LogP contribution in [-0.2, 0) is 30.9 Å². The van der Waals surface area contributed by atoms with Gasteiger partial charge >= 0.3 is 30.9 Å². The summed E-state index contributed by atoms with van der Waals surface area (Å²) in [5.74, 6) is 0.134. The van der Waals surface area contributed by atoms with E-state index in [0.29, 0.717) is 0 Å². The minimum absolute atomic E-state index is 0.0110. The fourth-order valence-electron chi connectivity index (χ4n) is 11.9. The van der Waals surface area contributed by atoms with E-state index in [9.17, 15) is 52.7 Å². The monoisotopic (exact) mass is 1220 g/mol. The van der Waals surface area contributed by atoms with Crippen LogP contribution in [0.4, 0.5) is 65.9 Å². The lowest BCUT2D eigenvalue weighted by Crippen LogP contribution is -2.16. The first-order valence-corrected chi connectivity index (χ1v) is 27.1. The van der Waals surface area contributed by atoms with Crippen LogP contribution in [0.1, 0.15) is 61.7 Å². The Kier molecular flexibility index (Phi) is 13.8. The highest BCUT2D eigenvalue weighted by molar-refractivity contribution is 6.13. The smallest absolute Gasteiger partial charge is 0.308 e. The summed E-state index contributed by atoms with van der Waals surface area (Å²) >= 11 is 0. The first kappa shape index (κ1) is 58.9. The molecule has 88 heavy (non-hydrogen) atoms. The van der Waals surface area contributed by atoms with Gasteiger partial charge in [0.1, 0.15) is 17.2 Å². The lowest BCUT2D eigenvalue weighted by atomic mass is 9.98. The average Bonchev–Trinajstić information content (AvgIpc) is 1.80. The standard InChI is InChI=1S/C68H44F15N5/c1-33-15-43(23-48(19-33)64(69,70)71)39-7-11-52-53-12-8-40(44-16-34(2)20-49(24-44)65(72,73)74)28-57(53)87(56(52)27-39)60-31-47(63-85-37(5)84-38(6)86-63)32-61(62(60)68(81,82)83)88-58-29-41(45-17-35(3)21-50(25-45)66(75,76)77)9-13-54(58)55-14-10-42(30-59(55)88)46-18-36(4)22-51(26-46)67(78,79)80/h7-32H,1-6H3. The number of aryl methyl sites for hydroxylation is 6. The molecule has 0 N–H and O–H groups in total. The highest BCUT2D eigenvalue weighted by atomic mass is 19.4. The molecule has 446 valence electrons. The molecular weight excluding hydrogens is 1170 g/mol. The maximum Gasteiger partial charge on any atom is 0.420 e. The normalized spacial score (nSPS) is 12.8. The SMILES string of the molecule is Cc1cc(-c2ccc3c4ccc(-c5cc(C)cc(C(F)(F)F)c5)cc4n(-c4cc(-c5nc(C)nc(C)n5)cc(-n5c6cc(-c7cc(C)cc(C(F)(F)F)c7)ccc6c6ccc(-c7cc(C)cc(C(F)(F)F)c7)cc65)c4C(F)(F)F)c3c2)cc(C(F)(F)F)c1. The van der Waals surface area contributed by atoms with E-state index in [1.165, 1.54) is 148 Å². The number of aromatic nitrogens is 5. The van der Waals surface area contributed by atoms with Crippen molar-refractivity contribution in [2.45, 2.75) is 72.4 Å². The van der Waals surface area contributed by atoms with Crippen molar-refractivity contribution >= 4 is 43.6 Å². The Hall–Kier alpha value is -9.46. The molecule has 0 saturated heterocycles. The molecule has 12 rings (SSSR count). The van der Waals surface area contributed by atoms with Gasteiger partial charge in [-0.25, -0.2) is 15.0 Å². The largest absolute Gasteiger partial charge is 0.420 e. The van der Waals surface area contributed by atoms with Crippen LogP contribution in [0.2, 0.25) is 0 Å². The third-order valence-electron chi connectivity index (χ3n) is 15.5. The highest BCUT2D eigenvalue weighted by Crippen LogP contribution is 2.49. The number of alkyl halides is 15. The van der Waals surface area contributed by atoms with Crippen molar-refractivity contribution in [3.05, 3.63) is 219 Å². The van der Waals surface area contributed by atoms with Crippen LogP contribution in [0.3, 0.4) is 0 Å². The van der Waals surface area contributed by atoms with Crippen LogP contribution in [0.5, 0.6) is 0 Å². The van der Waals surface area contributed by atoms with E-state index in [0.717, 1.165) is 60.7 Å². The summed E-state index contributed by atoms with van der Waals surface area (Å²) in [6, 6.07) is 33.2. The molecule has 0 amide bonds. The highest BCUT2D eigenvalue weighted by Gasteiger charge is 2.41. The number of halogens is 15. The number of hydrogen-bond donors (Lipinski definition) is 0. The van der Waals surface area contributed by atoms with Crippen molar-refractivity contribution in [2.75, 3.05) is 0 Å². The molecule has 0 atom stereocenters. The molecule has 0 aliphatic carbocycles. The van der Waals surface area contributed by atoms with Gasteiger partial charge in [0, 0.05) is 27.1 Å². The zero-order chi connectivity index (χ0) is 63.1. The zero-order valence-electron chi connectivity index (χ0n) is 46.9. The minimum Gasteiger partial charge on any atom is -0.308 e. The molecule has 0 aliphatic heterocycles. The van der Waals surface area contributed by atoms with Gasteiger partial charge in [-0.3, -0.25) is 0 Å². The first-order chi connectivity index (χ1) is 41.2. The van der Waals surface area contributed by atoms with E-state index < -0.39 is 70.1 Å². The van der Waals surface area contributed by atoms with Gasteiger partial charge in [-0.15, -0.1) is 0 Å². The van der Waals surface area contributed by atoms with Gasteiger partial charge in [-0.05, 0) is 193 Å². The molecule has 9 aromatic carbocycles. The second-order valence-corrected chi connectivity index (χ2v) is 22.1. The van der Waals surface area contributed by atoms with Gasteiger partial charge in [0.05, 0.1) is 55.7 Å². The van der Waals surface area contributed by atoms with Gasteiger partial charge in [-0.1, -0.05) is 72.8 Å². The summed E-state index contributed by atoms with van der Waals surface area (Å²) in [5, 5.41) is 1.06. The average molecular weight is 1220 g/mol. The summed E-state index contributed by atoms with van der Waals surface area (Å²) in [6.07, 6.45) is -24.7. The zero-order valence-corrected chi connectivity index (χ0v) is 46.9. The summed E-state index contributed by atoms with van der Waals surface area (Å²) < 4.78 is 228. The molecule has 12 aromatic rings. The molecule has 0 saturated carbocycles.